The Balaban J connectivity index is 2.17. The van der Waals surface area contributed by atoms with Crippen LogP contribution in [0.4, 0.5) is 0 Å². The van der Waals surface area contributed by atoms with Crippen molar-refractivity contribution in [3.05, 3.63) is 58.9 Å². The van der Waals surface area contributed by atoms with E-state index in [4.69, 9.17) is 5.11 Å². The summed E-state index contributed by atoms with van der Waals surface area (Å²) in [5, 5.41) is 9.08. The molecule has 0 atom stereocenters. The summed E-state index contributed by atoms with van der Waals surface area (Å²) >= 11 is 1.64. The molecule has 0 radical (unpaired) electrons. The van der Waals surface area contributed by atoms with Gasteiger partial charge < -0.3 is 5.11 Å². The predicted molar refractivity (Wildman–Crippen MR) is 76.7 cm³/mol. The molecule has 98 valence electrons. The third kappa shape index (κ3) is 3.35. The highest BCUT2D eigenvalue weighted by molar-refractivity contribution is 7.98. The van der Waals surface area contributed by atoms with Gasteiger partial charge in [0.1, 0.15) is 0 Å². The van der Waals surface area contributed by atoms with E-state index in [1.807, 2.05) is 6.07 Å². The quantitative estimate of drug-likeness (QED) is 0.863. The Morgan fingerprint density at radius 1 is 1.32 bits per heavy atom. The number of benzene rings is 1. The Hall–Kier alpha value is -1.81. The van der Waals surface area contributed by atoms with Crippen molar-refractivity contribution in [2.45, 2.75) is 24.5 Å². The molecule has 0 spiro atoms. The first-order chi connectivity index (χ1) is 9.08. The van der Waals surface area contributed by atoms with Gasteiger partial charge in [0.05, 0.1) is 0 Å². The van der Waals surface area contributed by atoms with E-state index in [1.54, 1.807) is 17.8 Å². The molecule has 2 rings (SSSR count). The summed E-state index contributed by atoms with van der Waals surface area (Å²) in [7, 11) is 0. The van der Waals surface area contributed by atoms with Gasteiger partial charge in [-0.15, -0.1) is 11.8 Å². The van der Waals surface area contributed by atoms with Crippen molar-refractivity contribution in [2.24, 2.45) is 0 Å². The summed E-state index contributed by atoms with van der Waals surface area (Å²) in [5.41, 5.74) is 3.33. The van der Waals surface area contributed by atoms with Gasteiger partial charge in [0.25, 0.3) is 0 Å². The minimum atomic E-state index is -0.975. The number of aryl methyl sites for hydroxylation is 2. The Labute approximate surface area is 116 Å². The van der Waals surface area contributed by atoms with Crippen molar-refractivity contribution < 1.29 is 9.90 Å². The number of carboxylic acid groups (broad SMARTS) is 1. The summed E-state index contributed by atoms with van der Waals surface area (Å²) in [4.78, 5) is 16.2. The zero-order valence-corrected chi connectivity index (χ0v) is 11.7. The Morgan fingerprint density at radius 3 is 2.79 bits per heavy atom. The van der Waals surface area contributed by atoms with Crippen LogP contribution in [0.15, 0.2) is 41.4 Å². The van der Waals surface area contributed by atoms with Gasteiger partial charge in [-0.25, -0.2) is 9.78 Å². The van der Waals surface area contributed by atoms with Crippen LogP contribution >= 0.6 is 11.8 Å². The second-order valence-electron chi connectivity index (χ2n) is 4.37. The van der Waals surface area contributed by atoms with Crippen molar-refractivity contribution in [3.63, 3.8) is 0 Å². The third-order valence-corrected chi connectivity index (χ3v) is 4.03. The predicted octanol–water partition coefficient (Wildman–Crippen LogP) is 3.69. The molecule has 0 saturated carbocycles. The number of hydrogen-bond donors (Lipinski definition) is 1. The van der Waals surface area contributed by atoms with Gasteiger partial charge in [-0.2, -0.15) is 0 Å². The van der Waals surface area contributed by atoms with Gasteiger partial charge in [-0.1, -0.05) is 23.8 Å². The summed E-state index contributed by atoms with van der Waals surface area (Å²) in [6.45, 7) is 4.13. The van der Waals surface area contributed by atoms with Crippen LogP contribution in [0.25, 0.3) is 0 Å². The summed E-state index contributed by atoms with van der Waals surface area (Å²) in [5.74, 6) is -0.365. The van der Waals surface area contributed by atoms with Crippen molar-refractivity contribution in [1.82, 2.24) is 4.98 Å². The van der Waals surface area contributed by atoms with E-state index in [9.17, 15) is 4.79 Å². The highest BCUT2D eigenvalue weighted by Gasteiger charge is 2.11. The normalized spacial score (nSPS) is 10.4. The average molecular weight is 273 g/mol. The standard InChI is InChI=1S/C15H15NO2S/c1-10-5-6-13(11(2)8-10)19-9-12-4-3-7-16-14(12)15(17)18/h3-8H,9H2,1-2H3,(H,17,18). The van der Waals surface area contributed by atoms with Crippen molar-refractivity contribution in [2.75, 3.05) is 0 Å². The molecule has 1 aromatic heterocycles. The second-order valence-corrected chi connectivity index (χ2v) is 5.39. The monoisotopic (exact) mass is 273 g/mol. The minimum Gasteiger partial charge on any atom is -0.477 e. The molecule has 0 aliphatic heterocycles. The molecule has 19 heavy (non-hydrogen) atoms. The van der Waals surface area contributed by atoms with Crippen LogP contribution in [-0.4, -0.2) is 16.1 Å². The molecule has 0 saturated heterocycles. The molecule has 1 aromatic carbocycles. The number of rotatable bonds is 4. The third-order valence-electron chi connectivity index (χ3n) is 2.81. The number of carbonyl (C=O) groups is 1. The number of aromatic nitrogens is 1. The Morgan fingerprint density at radius 2 is 2.11 bits per heavy atom. The Bertz CT molecular complexity index is 611. The highest BCUT2D eigenvalue weighted by Crippen LogP contribution is 2.27. The van der Waals surface area contributed by atoms with Gasteiger partial charge in [0.2, 0.25) is 0 Å². The molecule has 0 unspecified atom stereocenters. The van der Waals surface area contributed by atoms with E-state index >= 15 is 0 Å². The number of aromatic carboxylic acids is 1. The lowest BCUT2D eigenvalue weighted by Crippen LogP contribution is -2.04. The molecule has 1 heterocycles. The van der Waals surface area contributed by atoms with Crippen LogP contribution in [0, 0.1) is 13.8 Å². The van der Waals surface area contributed by atoms with Gasteiger partial charge in [-0.05, 0) is 37.1 Å². The minimum absolute atomic E-state index is 0.139. The number of carboxylic acids is 1. The number of pyridine rings is 1. The van der Waals surface area contributed by atoms with Crippen LogP contribution in [0.2, 0.25) is 0 Å². The van der Waals surface area contributed by atoms with E-state index in [-0.39, 0.29) is 5.69 Å². The van der Waals surface area contributed by atoms with Gasteiger partial charge in [0, 0.05) is 16.8 Å². The van der Waals surface area contributed by atoms with E-state index in [1.165, 1.54) is 22.2 Å². The molecule has 1 N–H and O–H groups in total. The van der Waals surface area contributed by atoms with Crippen molar-refractivity contribution in [3.8, 4) is 0 Å². The molecule has 0 fully saturated rings. The van der Waals surface area contributed by atoms with Crippen LogP contribution in [0.3, 0.4) is 0 Å². The van der Waals surface area contributed by atoms with E-state index < -0.39 is 5.97 Å². The molecular formula is C15H15NO2S. The lowest BCUT2D eigenvalue weighted by atomic mass is 10.2. The van der Waals surface area contributed by atoms with E-state index in [2.05, 4.69) is 37.0 Å². The zero-order valence-electron chi connectivity index (χ0n) is 10.9. The summed E-state index contributed by atoms with van der Waals surface area (Å²) in [6, 6.07) is 9.85. The fourth-order valence-electron chi connectivity index (χ4n) is 1.86. The Kier molecular flexibility index (Phi) is 4.22. The molecule has 4 heteroatoms. The number of hydrogen-bond acceptors (Lipinski definition) is 3. The van der Waals surface area contributed by atoms with Crippen LogP contribution in [-0.2, 0) is 5.75 Å². The summed E-state index contributed by atoms with van der Waals surface area (Å²) < 4.78 is 0. The SMILES string of the molecule is Cc1ccc(SCc2cccnc2C(=O)O)c(C)c1. The summed E-state index contributed by atoms with van der Waals surface area (Å²) in [6.07, 6.45) is 1.51. The molecule has 0 bridgehead atoms. The van der Waals surface area contributed by atoms with E-state index in [0.717, 1.165) is 5.56 Å². The van der Waals surface area contributed by atoms with Gasteiger partial charge in [0.15, 0.2) is 5.69 Å². The molecule has 3 nitrogen and oxygen atoms in total. The van der Waals surface area contributed by atoms with Crippen LogP contribution < -0.4 is 0 Å². The molecule has 0 amide bonds. The fourth-order valence-corrected chi connectivity index (χ4v) is 2.86. The first kappa shape index (κ1) is 13.6. The molecule has 0 aliphatic rings. The lowest BCUT2D eigenvalue weighted by Gasteiger charge is -2.08. The van der Waals surface area contributed by atoms with E-state index in [0.29, 0.717) is 5.75 Å². The fraction of sp³-hybridized carbons (Fsp3) is 0.200. The van der Waals surface area contributed by atoms with Crippen LogP contribution in [0.5, 0.6) is 0 Å². The molecular weight excluding hydrogens is 258 g/mol. The largest absolute Gasteiger partial charge is 0.477 e. The topological polar surface area (TPSA) is 50.2 Å². The van der Waals surface area contributed by atoms with Gasteiger partial charge >= 0.3 is 5.97 Å². The first-order valence-electron chi connectivity index (χ1n) is 5.95. The van der Waals surface area contributed by atoms with Gasteiger partial charge in [-0.3, -0.25) is 0 Å². The molecule has 0 aliphatic carbocycles. The van der Waals surface area contributed by atoms with Crippen LogP contribution in [0.1, 0.15) is 27.2 Å². The van der Waals surface area contributed by atoms with Crippen molar-refractivity contribution in [1.29, 1.82) is 0 Å². The van der Waals surface area contributed by atoms with Crippen molar-refractivity contribution >= 4 is 17.7 Å². The first-order valence-corrected chi connectivity index (χ1v) is 6.93. The molecule has 2 aromatic rings. The number of thioether (sulfide) groups is 1. The zero-order chi connectivity index (χ0) is 13.8. The highest BCUT2D eigenvalue weighted by atomic mass is 32.2. The maximum atomic E-state index is 11.1. The maximum Gasteiger partial charge on any atom is 0.354 e. The number of nitrogens with zero attached hydrogens (tertiary/aromatic N) is 1. The smallest absolute Gasteiger partial charge is 0.354 e. The second kappa shape index (κ2) is 5.89. The average Bonchev–Trinajstić information content (AvgIpc) is 2.38. The lowest BCUT2D eigenvalue weighted by molar-refractivity contribution is 0.0689. The maximum absolute atomic E-state index is 11.1.